The Hall–Kier alpha value is -6.06. The van der Waals surface area contributed by atoms with Crippen molar-refractivity contribution >= 4 is 34.3 Å². The Morgan fingerprint density at radius 3 is 1.52 bits per heavy atom. The Kier molecular flexibility index (Phi) is 5.41. The molecule has 0 saturated heterocycles. The van der Waals surface area contributed by atoms with Gasteiger partial charge in [0.15, 0.2) is 23.0 Å². The molecule has 5 aromatic carbocycles. The predicted molar refractivity (Wildman–Crippen MR) is 164 cm³/mol. The summed E-state index contributed by atoms with van der Waals surface area (Å²) in [4.78, 5) is 9.16. The van der Waals surface area contributed by atoms with Crippen LogP contribution in [0.2, 0.25) is 0 Å². The molecule has 6 nitrogen and oxygen atoms in total. The van der Waals surface area contributed by atoms with E-state index < -0.39 is 0 Å². The van der Waals surface area contributed by atoms with Gasteiger partial charge in [-0.25, -0.2) is 4.98 Å². The molecule has 198 valence electrons. The normalized spacial score (nSPS) is 12.5. The molecule has 0 unspecified atom stereocenters. The Balaban J connectivity index is 1.22. The zero-order valence-electron chi connectivity index (χ0n) is 22.3. The van der Waals surface area contributed by atoms with Crippen molar-refractivity contribution in [2.45, 2.75) is 0 Å². The number of rotatable bonds is 3. The van der Waals surface area contributed by atoms with Gasteiger partial charge in [0.25, 0.3) is 0 Å². The fourth-order valence-corrected chi connectivity index (χ4v) is 5.62. The number of benzene rings is 5. The maximum absolute atomic E-state index is 10.0. The first-order chi connectivity index (χ1) is 20.8. The van der Waals surface area contributed by atoms with Crippen LogP contribution in [0, 0.1) is 11.3 Å². The second-order valence-electron chi connectivity index (χ2n) is 9.99. The lowest BCUT2D eigenvalue weighted by Crippen LogP contribution is -2.16. The number of nitrogens with zero attached hydrogens (tertiary/aromatic N) is 4. The number of nitriles is 1. The van der Waals surface area contributed by atoms with Crippen LogP contribution in [0.3, 0.4) is 0 Å². The first-order valence-electron chi connectivity index (χ1n) is 13.6. The van der Waals surface area contributed by atoms with Crippen molar-refractivity contribution in [3.8, 4) is 40.2 Å². The summed E-state index contributed by atoms with van der Waals surface area (Å²) in [6.45, 7) is 0. The summed E-state index contributed by atoms with van der Waals surface area (Å²) in [5.74, 6) is 3.85. The van der Waals surface area contributed by atoms with Gasteiger partial charge in [-0.3, -0.25) is 4.90 Å². The largest absolute Gasteiger partial charge is 0.453 e. The molecule has 1 aromatic heterocycles. The van der Waals surface area contributed by atoms with Gasteiger partial charge in [0.2, 0.25) is 0 Å². The second kappa shape index (κ2) is 9.54. The molecule has 2 aliphatic heterocycles. The smallest absolute Gasteiger partial charge is 0.151 e. The zero-order valence-corrected chi connectivity index (χ0v) is 22.3. The highest BCUT2D eigenvalue weighted by Crippen LogP contribution is 2.51. The lowest BCUT2D eigenvalue weighted by molar-refractivity contribution is 0.476. The summed E-state index contributed by atoms with van der Waals surface area (Å²) >= 11 is 0. The highest BCUT2D eigenvalue weighted by Gasteiger charge is 2.27. The molecule has 0 radical (unpaired) electrons. The van der Waals surface area contributed by atoms with E-state index in [4.69, 9.17) is 14.5 Å². The third-order valence-electron chi connectivity index (χ3n) is 7.53. The summed E-state index contributed by atoms with van der Waals surface area (Å²) in [5.41, 5.74) is 6.86. The summed E-state index contributed by atoms with van der Waals surface area (Å²) in [6.07, 6.45) is 1.83. The minimum absolute atomic E-state index is 0.574. The summed E-state index contributed by atoms with van der Waals surface area (Å²) < 4.78 is 12.3. The molecule has 6 heteroatoms. The average Bonchev–Trinajstić information content (AvgIpc) is 3.06. The van der Waals surface area contributed by atoms with E-state index in [-0.39, 0.29) is 0 Å². The molecule has 8 rings (SSSR count). The standard InChI is InChI=1S/C36H22N4O2/c37-22-24-17-19-26(39-28-9-1-5-13-32(28)41-33-14-6-2-10-29(33)39)21-27(24)25-18-20-36(38-23-25)40-30-11-3-7-15-34(30)42-35-16-8-4-12-31(35)40/h1-21,23H. The van der Waals surface area contributed by atoms with Gasteiger partial charge in [0.05, 0.1) is 34.4 Å². The van der Waals surface area contributed by atoms with Crippen LogP contribution in [0.5, 0.6) is 23.0 Å². The number of pyridine rings is 1. The van der Waals surface area contributed by atoms with Crippen LogP contribution in [-0.4, -0.2) is 4.98 Å². The molecule has 42 heavy (non-hydrogen) atoms. The number of hydrogen-bond acceptors (Lipinski definition) is 6. The van der Waals surface area contributed by atoms with Crippen molar-refractivity contribution in [3.63, 3.8) is 0 Å². The van der Waals surface area contributed by atoms with E-state index in [1.165, 1.54) is 0 Å². The van der Waals surface area contributed by atoms with Gasteiger partial charge in [0.1, 0.15) is 5.82 Å². The van der Waals surface area contributed by atoms with Crippen LogP contribution < -0.4 is 19.3 Å². The molecule has 0 N–H and O–H groups in total. The van der Waals surface area contributed by atoms with E-state index in [2.05, 4.69) is 15.9 Å². The molecule has 2 aliphatic rings. The van der Waals surface area contributed by atoms with E-state index in [1.54, 1.807) is 0 Å². The minimum atomic E-state index is 0.574. The van der Waals surface area contributed by atoms with Crippen LogP contribution in [0.25, 0.3) is 11.1 Å². The van der Waals surface area contributed by atoms with Gasteiger partial charge in [-0.1, -0.05) is 48.5 Å². The van der Waals surface area contributed by atoms with E-state index in [1.807, 2.05) is 134 Å². The van der Waals surface area contributed by atoms with Gasteiger partial charge < -0.3 is 14.4 Å². The molecule has 0 spiro atoms. The topological polar surface area (TPSA) is 61.6 Å². The maximum Gasteiger partial charge on any atom is 0.151 e. The Bertz CT molecular complexity index is 1940. The SMILES string of the molecule is N#Cc1ccc(N2c3ccccc3Oc3ccccc32)cc1-c1ccc(N2c3ccccc3Oc3ccccc32)nc1. The summed E-state index contributed by atoms with van der Waals surface area (Å²) in [6, 6.07) is 44.1. The molecule has 0 aliphatic carbocycles. The fourth-order valence-electron chi connectivity index (χ4n) is 5.62. The zero-order chi connectivity index (χ0) is 28.0. The third kappa shape index (κ3) is 3.76. The number of anilines is 6. The van der Waals surface area contributed by atoms with E-state index in [0.717, 1.165) is 68.4 Å². The van der Waals surface area contributed by atoms with Crippen LogP contribution in [0.15, 0.2) is 134 Å². The van der Waals surface area contributed by atoms with Crippen LogP contribution >= 0.6 is 0 Å². The molecular formula is C36H22N4O2. The number of para-hydroxylation sites is 8. The van der Waals surface area contributed by atoms with Gasteiger partial charge in [-0.15, -0.1) is 0 Å². The Labute approximate surface area is 242 Å². The number of hydrogen-bond donors (Lipinski definition) is 0. The maximum atomic E-state index is 10.0. The molecule has 0 amide bonds. The van der Waals surface area contributed by atoms with Crippen molar-refractivity contribution < 1.29 is 9.47 Å². The highest BCUT2D eigenvalue weighted by molar-refractivity contribution is 5.89. The minimum Gasteiger partial charge on any atom is -0.453 e. The molecular weight excluding hydrogens is 520 g/mol. The van der Waals surface area contributed by atoms with Crippen molar-refractivity contribution in [1.82, 2.24) is 4.98 Å². The van der Waals surface area contributed by atoms with Gasteiger partial charge in [-0.2, -0.15) is 5.26 Å². The first-order valence-corrected chi connectivity index (χ1v) is 13.6. The fraction of sp³-hybridized carbons (Fsp3) is 0. The van der Waals surface area contributed by atoms with E-state index in [9.17, 15) is 5.26 Å². The van der Waals surface area contributed by atoms with Gasteiger partial charge in [0, 0.05) is 23.0 Å². The van der Waals surface area contributed by atoms with Crippen LogP contribution in [-0.2, 0) is 0 Å². The first kappa shape index (κ1) is 23.8. The average molecular weight is 543 g/mol. The molecule has 0 saturated carbocycles. The predicted octanol–water partition coefficient (Wildman–Crippen LogP) is 9.77. The summed E-state index contributed by atoms with van der Waals surface area (Å²) in [7, 11) is 0. The van der Waals surface area contributed by atoms with Gasteiger partial charge >= 0.3 is 0 Å². The van der Waals surface area contributed by atoms with Gasteiger partial charge in [-0.05, 0) is 78.9 Å². The van der Waals surface area contributed by atoms with E-state index in [0.29, 0.717) is 5.56 Å². The Morgan fingerprint density at radius 1 is 0.548 bits per heavy atom. The molecule has 0 fully saturated rings. The number of ether oxygens (including phenoxy) is 2. The van der Waals surface area contributed by atoms with Crippen LogP contribution in [0.4, 0.5) is 34.3 Å². The van der Waals surface area contributed by atoms with Crippen molar-refractivity contribution in [2.75, 3.05) is 9.80 Å². The lowest BCUT2D eigenvalue weighted by atomic mass is 9.99. The third-order valence-corrected chi connectivity index (χ3v) is 7.53. The van der Waals surface area contributed by atoms with Crippen molar-refractivity contribution in [3.05, 3.63) is 139 Å². The number of aromatic nitrogens is 1. The van der Waals surface area contributed by atoms with E-state index >= 15 is 0 Å². The lowest BCUT2D eigenvalue weighted by Gasteiger charge is -2.33. The van der Waals surface area contributed by atoms with Crippen molar-refractivity contribution in [1.29, 1.82) is 5.26 Å². The van der Waals surface area contributed by atoms with Crippen molar-refractivity contribution in [2.24, 2.45) is 0 Å². The summed E-state index contributed by atoms with van der Waals surface area (Å²) in [5, 5.41) is 10.0. The molecule has 0 bridgehead atoms. The van der Waals surface area contributed by atoms with Crippen LogP contribution in [0.1, 0.15) is 5.56 Å². The monoisotopic (exact) mass is 542 g/mol. The molecule has 6 aromatic rings. The Morgan fingerprint density at radius 2 is 1.05 bits per heavy atom. The quantitative estimate of drug-likeness (QED) is 0.221. The molecule has 3 heterocycles. The second-order valence-corrected chi connectivity index (χ2v) is 9.99. The molecule has 0 atom stereocenters. The highest BCUT2D eigenvalue weighted by atomic mass is 16.5. The number of fused-ring (bicyclic) bond motifs is 4.